The van der Waals surface area contributed by atoms with Gasteiger partial charge in [-0.15, -0.1) is 0 Å². The molecule has 0 spiro atoms. The summed E-state index contributed by atoms with van der Waals surface area (Å²) in [7, 11) is 0. The van der Waals surface area contributed by atoms with Crippen LogP contribution in [0.2, 0.25) is 0 Å². The number of nitrogens with zero attached hydrogens (tertiary/aromatic N) is 3. The number of rotatable bonds is 12. The number of carbonyl (C=O) groups is 5. The topological polar surface area (TPSA) is 171 Å². The molecular formula is C40H42N6O7. The van der Waals surface area contributed by atoms with E-state index in [9.17, 15) is 24.0 Å². The summed E-state index contributed by atoms with van der Waals surface area (Å²) >= 11 is 0. The predicted octanol–water partition coefficient (Wildman–Crippen LogP) is 4.80. The van der Waals surface area contributed by atoms with Crippen LogP contribution < -0.4 is 15.5 Å². The molecule has 0 saturated carbocycles. The van der Waals surface area contributed by atoms with E-state index in [0.29, 0.717) is 22.5 Å². The first-order valence-electron chi connectivity index (χ1n) is 17.2. The third kappa shape index (κ3) is 10.3. The molecule has 4 aromatic rings. The number of benzene rings is 3. The summed E-state index contributed by atoms with van der Waals surface area (Å²) in [6, 6.07) is 28.5. The number of pyridine rings is 1. The highest BCUT2D eigenvalue weighted by molar-refractivity contribution is 6.40. The van der Waals surface area contributed by atoms with E-state index in [1.807, 2.05) is 60.7 Å². The van der Waals surface area contributed by atoms with Crippen LogP contribution in [0.1, 0.15) is 65.9 Å². The fourth-order valence-electron chi connectivity index (χ4n) is 5.64. The van der Waals surface area contributed by atoms with E-state index in [0.717, 1.165) is 11.1 Å². The van der Waals surface area contributed by atoms with Crippen molar-refractivity contribution in [2.75, 3.05) is 31.1 Å². The van der Waals surface area contributed by atoms with E-state index < -0.39 is 41.5 Å². The van der Waals surface area contributed by atoms with Crippen molar-refractivity contribution < 1.29 is 33.4 Å². The van der Waals surface area contributed by atoms with Crippen molar-refractivity contribution in [2.24, 2.45) is 0 Å². The lowest BCUT2D eigenvalue weighted by molar-refractivity contribution is -0.147. The third-order valence-electron chi connectivity index (χ3n) is 8.21. The van der Waals surface area contributed by atoms with Gasteiger partial charge in [-0.05, 0) is 62.1 Å². The Balaban J connectivity index is 1.12. The van der Waals surface area contributed by atoms with Gasteiger partial charge >= 0.3 is 23.9 Å². The summed E-state index contributed by atoms with van der Waals surface area (Å²) in [4.78, 5) is 71.4. The van der Waals surface area contributed by atoms with Crippen molar-refractivity contribution in [3.05, 3.63) is 131 Å². The molecule has 13 heteroatoms. The number of nitrogens with one attached hydrogen (secondary N) is 3. The molecule has 1 saturated heterocycles. The van der Waals surface area contributed by atoms with E-state index in [4.69, 9.17) is 14.9 Å². The van der Waals surface area contributed by atoms with Crippen LogP contribution in [0, 0.1) is 5.41 Å². The predicted molar refractivity (Wildman–Crippen MR) is 197 cm³/mol. The number of alkyl carbamates (subject to hydrolysis) is 1. The van der Waals surface area contributed by atoms with E-state index in [-0.39, 0.29) is 44.9 Å². The monoisotopic (exact) mass is 718 g/mol. The molecule has 0 atom stereocenters. The van der Waals surface area contributed by atoms with Crippen molar-refractivity contribution in [1.29, 1.82) is 5.41 Å². The molecule has 1 aromatic heterocycles. The molecule has 0 unspecified atom stereocenters. The Kier molecular flexibility index (Phi) is 12.3. The Morgan fingerprint density at radius 1 is 0.830 bits per heavy atom. The van der Waals surface area contributed by atoms with E-state index in [1.54, 1.807) is 32.9 Å². The van der Waals surface area contributed by atoms with Gasteiger partial charge in [0, 0.05) is 49.9 Å². The van der Waals surface area contributed by atoms with Gasteiger partial charge in [-0.3, -0.25) is 34.8 Å². The van der Waals surface area contributed by atoms with Gasteiger partial charge in [0.1, 0.15) is 17.3 Å². The molecule has 3 aromatic carbocycles. The van der Waals surface area contributed by atoms with Gasteiger partial charge in [0.15, 0.2) is 6.10 Å². The average molecular weight is 719 g/mol. The molecule has 5 rings (SSSR count). The lowest BCUT2D eigenvalue weighted by atomic mass is 10.0. The molecule has 0 bridgehead atoms. The molecule has 274 valence electrons. The Morgan fingerprint density at radius 2 is 1.45 bits per heavy atom. The molecule has 0 radical (unpaired) electrons. The van der Waals surface area contributed by atoms with Gasteiger partial charge in [0.25, 0.3) is 5.91 Å². The van der Waals surface area contributed by atoms with Crippen LogP contribution in [-0.4, -0.2) is 77.3 Å². The summed E-state index contributed by atoms with van der Waals surface area (Å²) in [6.45, 7) is 5.75. The maximum absolute atomic E-state index is 13.3. The van der Waals surface area contributed by atoms with Crippen LogP contribution in [0.4, 0.5) is 10.6 Å². The Bertz CT molecular complexity index is 1910. The summed E-state index contributed by atoms with van der Waals surface area (Å²) in [5.74, 6) is -2.17. The zero-order valence-corrected chi connectivity index (χ0v) is 29.8. The molecule has 1 aliphatic rings. The minimum atomic E-state index is -0.757. The summed E-state index contributed by atoms with van der Waals surface area (Å²) < 4.78 is 11.1. The second-order valence-electron chi connectivity index (χ2n) is 13.3. The molecule has 2 heterocycles. The van der Waals surface area contributed by atoms with Crippen molar-refractivity contribution in [2.45, 2.75) is 45.3 Å². The lowest BCUT2D eigenvalue weighted by Crippen LogP contribution is -2.56. The number of hydrogen-bond donors (Lipinski definition) is 3. The quantitative estimate of drug-likeness (QED) is 0.0812. The maximum atomic E-state index is 13.3. The van der Waals surface area contributed by atoms with Gasteiger partial charge in [-0.25, -0.2) is 9.78 Å². The Labute approximate surface area is 307 Å². The molecular weight excluding hydrogens is 676 g/mol. The number of piperazine rings is 1. The lowest BCUT2D eigenvalue weighted by Gasteiger charge is -2.34. The fraction of sp³-hybridized carbons (Fsp3) is 0.275. The highest BCUT2D eigenvalue weighted by atomic mass is 16.6. The second-order valence-corrected chi connectivity index (χ2v) is 13.3. The first-order chi connectivity index (χ1) is 25.4. The number of aryl methyl sites for hydroxylation is 1. The highest BCUT2D eigenvalue weighted by Crippen LogP contribution is 2.27. The van der Waals surface area contributed by atoms with Crippen LogP contribution in [0.3, 0.4) is 0 Å². The van der Waals surface area contributed by atoms with Crippen LogP contribution in [0.25, 0.3) is 0 Å². The normalized spacial score (nSPS) is 13.1. The third-order valence-corrected chi connectivity index (χ3v) is 8.21. The maximum Gasteiger partial charge on any atom is 0.413 e. The van der Waals surface area contributed by atoms with Crippen molar-refractivity contribution >= 4 is 41.4 Å². The van der Waals surface area contributed by atoms with E-state index >= 15 is 0 Å². The number of amidine groups is 1. The zero-order chi connectivity index (χ0) is 38.0. The Hall–Kier alpha value is -6.37. The van der Waals surface area contributed by atoms with Gasteiger partial charge in [-0.2, -0.15) is 0 Å². The number of hydrogen-bond acceptors (Lipinski definition) is 9. The molecule has 3 N–H and O–H groups in total. The number of aromatic nitrogens is 1. The number of carbonyl (C=O) groups excluding carboxylic acids is 5. The molecule has 1 aliphatic heterocycles. The summed E-state index contributed by atoms with van der Waals surface area (Å²) in [6.07, 6.45) is 0.475. The molecule has 53 heavy (non-hydrogen) atoms. The standard InChI is InChI=1S/C40H42N6O7/c1-40(2,3)53-39(51)44-34(41)29-16-18-31(19-17-29)36(48)43-23-24-45-25-26-46(38(50)37(45)49)35-30(15-10-22-42-35)20-21-32(47)52-33(27-11-6-4-7-12-27)28-13-8-5-9-14-28/h4-19,22,33H,20-21,23-26H2,1-3H3,(H,43,48)(H2,41,44,51). The van der Waals surface area contributed by atoms with Crippen LogP contribution in [0.15, 0.2) is 103 Å². The minimum Gasteiger partial charge on any atom is -0.453 e. The molecule has 0 aliphatic carbocycles. The SMILES string of the molecule is CC(C)(C)OC(=O)NC(=N)c1ccc(C(=O)NCCN2CCN(c3ncccc3CCC(=O)OC(c3ccccc3)c3ccccc3)C(=O)C2=O)cc1. The zero-order valence-electron chi connectivity index (χ0n) is 29.8. The smallest absolute Gasteiger partial charge is 0.413 e. The highest BCUT2D eigenvalue weighted by Gasteiger charge is 2.35. The first kappa shape index (κ1) is 37.9. The van der Waals surface area contributed by atoms with Gasteiger partial charge in [-0.1, -0.05) is 78.9 Å². The molecule has 13 nitrogen and oxygen atoms in total. The second kappa shape index (κ2) is 17.2. The van der Waals surface area contributed by atoms with Gasteiger partial charge in [0.05, 0.1) is 0 Å². The van der Waals surface area contributed by atoms with E-state index in [2.05, 4.69) is 15.6 Å². The summed E-state index contributed by atoms with van der Waals surface area (Å²) in [5, 5.41) is 13.2. The number of ether oxygens (including phenoxy) is 2. The Morgan fingerprint density at radius 3 is 2.08 bits per heavy atom. The molecule has 1 fully saturated rings. The van der Waals surface area contributed by atoms with Gasteiger partial charge in [0.2, 0.25) is 0 Å². The van der Waals surface area contributed by atoms with Gasteiger partial charge < -0.3 is 19.7 Å². The number of amides is 4. The fourth-order valence-corrected chi connectivity index (χ4v) is 5.64. The minimum absolute atomic E-state index is 0.0326. The molecule has 4 amide bonds. The summed E-state index contributed by atoms with van der Waals surface area (Å²) in [5.41, 5.74) is 2.30. The van der Waals surface area contributed by atoms with Crippen molar-refractivity contribution in [3.63, 3.8) is 0 Å². The van der Waals surface area contributed by atoms with E-state index in [1.165, 1.54) is 40.3 Å². The number of anilines is 1. The van der Waals surface area contributed by atoms with Crippen LogP contribution in [-0.2, 0) is 30.3 Å². The average Bonchev–Trinajstić information content (AvgIpc) is 3.15. The largest absolute Gasteiger partial charge is 0.453 e. The first-order valence-corrected chi connectivity index (χ1v) is 17.2. The van der Waals surface area contributed by atoms with Crippen molar-refractivity contribution in [1.82, 2.24) is 20.5 Å². The van der Waals surface area contributed by atoms with Crippen LogP contribution in [0.5, 0.6) is 0 Å². The number of esters is 1. The van der Waals surface area contributed by atoms with Crippen molar-refractivity contribution in [3.8, 4) is 0 Å². The van der Waals surface area contributed by atoms with Crippen LogP contribution >= 0.6 is 0 Å².